The molecular formula is C11H20N2O2. The van der Waals surface area contributed by atoms with Gasteiger partial charge in [0.1, 0.15) is 11.9 Å². The molecule has 0 amide bonds. The van der Waals surface area contributed by atoms with Gasteiger partial charge in [0, 0.05) is 19.6 Å². The third-order valence-electron chi connectivity index (χ3n) is 2.42. The molecule has 1 aromatic heterocycles. The largest absolute Gasteiger partial charge is 0.467 e. The lowest BCUT2D eigenvalue weighted by molar-refractivity contribution is 0.146. The highest BCUT2D eigenvalue weighted by molar-refractivity contribution is 5.02. The van der Waals surface area contributed by atoms with Gasteiger partial charge < -0.3 is 19.7 Å². The van der Waals surface area contributed by atoms with E-state index in [-0.39, 0.29) is 0 Å². The molecule has 2 N–H and O–H groups in total. The van der Waals surface area contributed by atoms with Crippen LogP contribution in [-0.2, 0) is 0 Å². The number of furan rings is 1. The summed E-state index contributed by atoms with van der Waals surface area (Å²) in [5.74, 6) is 0.617. The van der Waals surface area contributed by atoms with E-state index in [1.807, 2.05) is 0 Å². The lowest BCUT2D eigenvalue weighted by Gasteiger charge is -2.15. The molecule has 1 atom stereocenters. The molecule has 1 aromatic rings. The molecule has 0 aliphatic rings. The Kier molecular flexibility index (Phi) is 5.39. The van der Waals surface area contributed by atoms with Crippen LogP contribution < -0.4 is 5.32 Å². The fourth-order valence-corrected chi connectivity index (χ4v) is 1.25. The highest BCUT2D eigenvalue weighted by Gasteiger charge is 2.08. The van der Waals surface area contributed by atoms with Crippen molar-refractivity contribution in [2.75, 3.05) is 33.2 Å². The summed E-state index contributed by atoms with van der Waals surface area (Å²) in [6.45, 7) is 5.56. The first kappa shape index (κ1) is 12.2. The van der Waals surface area contributed by atoms with Crippen LogP contribution in [-0.4, -0.2) is 43.2 Å². The number of nitrogens with zero attached hydrogens (tertiary/aromatic N) is 1. The van der Waals surface area contributed by atoms with Crippen molar-refractivity contribution in [1.29, 1.82) is 0 Å². The zero-order valence-electron chi connectivity index (χ0n) is 9.44. The quantitative estimate of drug-likeness (QED) is 0.658. The SMILES string of the molecule is CCN(C)CCNCC(O)c1ccco1. The van der Waals surface area contributed by atoms with E-state index in [1.54, 1.807) is 18.4 Å². The first-order chi connectivity index (χ1) is 7.24. The summed E-state index contributed by atoms with van der Waals surface area (Å²) >= 11 is 0. The first-order valence-corrected chi connectivity index (χ1v) is 5.34. The maximum Gasteiger partial charge on any atom is 0.133 e. The molecule has 0 spiro atoms. The zero-order valence-corrected chi connectivity index (χ0v) is 9.44. The Morgan fingerprint density at radius 3 is 3.00 bits per heavy atom. The average molecular weight is 212 g/mol. The van der Waals surface area contributed by atoms with Crippen LogP contribution in [0.25, 0.3) is 0 Å². The van der Waals surface area contributed by atoms with Crippen molar-refractivity contribution in [1.82, 2.24) is 10.2 Å². The van der Waals surface area contributed by atoms with Crippen LogP contribution >= 0.6 is 0 Å². The van der Waals surface area contributed by atoms with Crippen LogP contribution in [0.1, 0.15) is 18.8 Å². The number of aliphatic hydroxyl groups excluding tert-OH is 1. The molecule has 4 heteroatoms. The van der Waals surface area contributed by atoms with Gasteiger partial charge in [-0.3, -0.25) is 0 Å². The second kappa shape index (κ2) is 6.61. The van der Waals surface area contributed by atoms with Crippen LogP contribution in [0.3, 0.4) is 0 Å². The van der Waals surface area contributed by atoms with Crippen molar-refractivity contribution in [2.24, 2.45) is 0 Å². The second-order valence-corrected chi connectivity index (χ2v) is 3.63. The van der Waals surface area contributed by atoms with E-state index in [2.05, 4.69) is 24.2 Å². The standard InChI is InChI=1S/C11H20N2O2/c1-3-13(2)7-6-12-9-10(14)11-5-4-8-15-11/h4-5,8,10,12,14H,3,6-7,9H2,1-2H3. The molecule has 0 aliphatic carbocycles. The molecule has 1 heterocycles. The molecule has 1 rings (SSSR count). The average Bonchev–Trinajstić information content (AvgIpc) is 2.77. The Hall–Kier alpha value is -0.840. The molecule has 0 aliphatic heterocycles. The van der Waals surface area contributed by atoms with Crippen LogP contribution in [0.4, 0.5) is 0 Å². The summed E-state index contributed by atoms with van der Waals surface area (Å²) in [4.78, 5) is 2.21. The van der Waals surface area contributed by atoms with E-state index in [1.165, 1.54) is 0 Å². The van der Waals surface area contributed by atoms with E-state index in [9.17, 15) is 5.11 Å². The zero-order chi connectivity index (χ0) is 11.1. The summed E-state index contributed by atoms with van der Waals surface area (Å²) in [6.07, 6.45) is 1.02. The third kappa shape index (κ3) is 4.46. The number of hydrogen-bond donors (Lipinski definition) is 2. The predicted octanol–water partition coefficient (Wildman–Crippen LogP) is 0.854. The highest BCUT2D eigenvalue weighted by atomic mass is 16.4. The Morgan fingerprint density at radius 2 is 2.40 bits per heavy atom. The van der Waals surface area contributed by atoms with E-state index in [0.29, 0.717) is 12.3 Å². The fraction of sp³-hybridized carbons (Fsp3) is 0.636. The van der Waals surface area contributed by atoms with Crippen molar-refractivity contribution < 1.29 is 9.52 Å². The Bertz CT molecular complexity index is 249. The lowest BCUT2D eigenvalue weighted by atomic mass is 10.3. The van der Waals surface area contributed by atoms with Gasteiger partial charge in [0.05, 0.1) is 6.26 Å². The maximum absolute atomic E-state index is 9.66. The predicted molar refractivity (Wildman–Crippen MR) is 59.7 cm³/mol. The Morgan fingerprint density at radius 1 is 1.60 bits per heavy atom. The lowest BCUT2D eigenvalue weighted by Crippen LogP contribution is -2.31. The van der Waals surface area contributed by atoms with Gasteiger partial charge in [0.15, 0.2) is 0 Å². The molecule has 0 radical (unpaired) electrons. The van der Waals surface area contributed by atoms with Crippen molar-refractivity contribution in [3.8, 4) is 0 Å². The summed E-state index contributed by atoms with van der Waals surface area (Å²) in [7, 11) is 2.07. The van der Waals surface area contributed by atoms with Gasteiger partial charge in [-0.05, 0) is 25.7 Å². The summed E-state index contributed by atoms with van der Waals surface area (Å²) in [5.41, 5.74) is 0. The van der Waals surface area contributed by atoms with Gasteiger partial charge in [0.2, 0.25) is 0 Å². The van der Waals surface area contributed by atoms with Crippen LogP contribution in [0.2, 0.25) is 0 Å². The summed E-state index contributed by atoms with van der Waals surface area (Å²) in [5, 5.41) is 12.8. The minimum Gasteiger partial charge on any atom is -0.467 e. The Labute approximate surface area is 90.9 Å². The van der Waals surface area contributed by atoms with Crippen LogP contribution in [0.5, 0.6) is 0 Å². The molecule has 1 unspecified atom stereocenters. The van der Waals surface area contributed by atoms with E-state index >= 15 is 0 Å². The van der Waals surface area contributed by atoms with E-state index in [4.69, 9.17) is 4.42 Å². The normalized spacial score (nSPS) is 13.3. The molecule has 0 saturated heterocycles. The van der Waals surface area contributed by atoms with E-state index in [0.717, 1.165) is 19.6 Å². The number of nitrogens with one attached hydrogen (secondary N) is 1. The van der Waals surface area contributed by atoms with Gasteiger partial charge >= 0.3 is 0 Å². The minimum absolute atomic E-state index is 0.533. The van der Waals surface area contributed by atoms with Crippen molar-refractivity contribution in [2.45, 2.75) is 13.0 Å². The Balaban J connectivity index is 2.10. The van der Waals surface area contributed by atoms with Crippen molar-refractivity contribution in [3.05, 3.63) is 24.2 Å². The van der Waals surface area contributed by atoms with Crippen molar-refractivity contribution >= 4 is 0 Å². The number of rotatable bonds is 7. The molecule has 4 nitrogen and oxygen atoms in total. The maximum atomic E-state index is 9.66. The van der Waals surface area contributed by atoms with Gasteiger partial charge in [-0.15, -0.1) is 0 Å². The topological polar surface area (TPSA) is 48.6 Å². The molecule has 86 valence electrons. The molecule has 0 aromatic carbocycles. The number of likely N-dealkylation sites (N-methyl/N-ethyl adjacent to an activating group) is 1. The smallest absolute Gasteiger partial charge is 0.133 e. The van der Waals surface area contributed by atoms with Gasteiger partial charge in [-0.25, -0.2) is 0 Å². The summed E-state index contributed by atoms with van der Waals surface area (Å²) < 4.78 is 5.09. The molecule has 15 heavy (non-hydrogen) atoms. The van der Waals surface area contributed by atoms with E-state index < -0.39 is 6.10 Å². The monoisotopic (exact) mass is 212 g/mol. The van der Waals surface area contributed by atoms with Crippen LogP contribution in [0, 0.1) is 0 Å². The minimum atomic E-state index is -0.549. The van der Waals surface area contributed by atoms with Gasteiger partial charge in [0.25, 0.3) is 0 Å². The van der Waals surface area contributed by atoms with Crippen molar-refractivity contribution in [3.63, 3.8) is 0 Å². The van der Waals surface area contributed by atoms with Gasteiger partial charge in [-0.2, -0.15) is 0 Å². The first-order valence-electron chi connectivity index (χ1n) is 5.34. The molecule has 0 fully saturated rings. The fourth-order valence-electron chi connectivity index (χ4n) is 1.25. The van der Waals surface area contributed by atoms with Crippen LogP contribution in [0.15, 0.2) is 22.8 Å². The highest BCUT2D eigenvalue weighted by Crippen LogP contribution is 2.11. The molecule has 0 saturated carbocycles. The second-order valence-electron chi connectivity index (χ2n) is 3.63. The molecular weight excluding hydrogens is 192 g/mol. The summed E-state index contributed by atoms with van der Waals surface area (Å²) in [6, 6.07) is 3.56. The third-order valence-corrected chi connectivity index (χ3v) is 2.42. The number of hydrogen-bond acceptors (Lipinski definition) is 4. The number of aliphatic hydroxyl groups is 1. The van der Waals surface area contributed by atoms with Gasteiger partial charge in [-0.1, -0.05) is 6.92 Å². The molecule has 0 bridgehead atoms.